The second kappa shape index (κ2) is 8.91. The molecular weight excluding hydrogens is 370 g/mol. The van der Waals surface area contributed by atoms with E-state index in [0.717, 1.165) is 45.6 Å². The Kier molecular flexibility index (Phi) is 6.26. The molecule has 0 spiro atoms. The van der Waals surface area contributed by atoms with E-state index in [9.17, 15) is 4.79 Å². The van der Waals surface area contributed by atoms with E-state index in [2.05, 4.69) is 71.3 Å². The molecule has 0 unspecified atom stereocenters. The van der Waals surface area contributed by atoms with Gasteiger partial charge in [0.15, 0.2) is 0 Å². The SMILES string of the molecule is Cc1ccccc1CN1C[C@H]2CN(C(=O)CN(C)C)C[C@@]2(CCc2ccccc2)C1. The number of fused-ring (bicyclic) bond motifs is 1. The Morgan fingerprint density at radius 1 is 1.03 bits per heavy atom. The van der Waals surface area contributed by atoms with Crippen molar-refractivity contribution in [1.82, 2.24) is 14.7 Å². The lowest BCUT2D eigenvalue weighted by molar-refractivity contribution is -0.131. The molecule has 4 nitrogen and oxygen atoms in total. The summed E-state index contributed by atoms with van der Waals surface area (Å²) in [6.07, 6.45) is 2.24. The fourth-order valence-corrected chi connectivity index (χ4v) is 5.40. The van der Waals surface area contributed by atoms with Crippen molar-refractivity contribution in [2.75, 3.05) is 46.8 Å². The quantitative estimate of drug-likeness (QED) is 0.706. The number of carbonyl (C=O) groups excluding carboxylic acids is 1. The van der Waals surface area contributed by atoms with E-state index in [1.807, 2.05) is 19.0 Å². The smallest absolute Gasteiger partial charge is 0.236 e. The third kappa shape index (κ3) is 4.60. The normalized spacial score (nSPS) is 23.9. The Morgan fingerprint density at radius 2 is 1.77 bits per heavy atom. The van der Waals surface area contributed by atoms with Crippen LogP contribution >= 0.6 is 0 Å². The molecule has 0 radical (unpaired) electrons. The number of hydrogen-bond acceptors (Lipinski definition) is 3. The van der Waals surface area contributed by atoms with Crippen LogP contribution in [0.4, 0.5) is 0 Å². The van der Waals surface area contributed by atoms with E-state index in [0.29, 0.717) is 12.5 Å². The second-order valence-electron chi connectivity index (χ2n) is 9.65. The second-order valence-corrected chi connectivity index (χ2v) is 9.65. The Morgan fingerprint density at radius 3 is 2.50 bits per heavy atom. The molecule has 1 amide bonds. The van der Waals surface area contributed by atoms with Gasteiger partial charge in [-0.25, -0.2) is 0 Å². The average molecular weight is 406 g/mol. The number of rotatable bonds is 7. The predicted molar refractivity (Wildman–Crippen MR) is 122 cm³/mol. The molecule has 2 saturated heterocycles. The van der Waals surface area contributed by atoms with Crippen molar-refractivity contribution in [3.8, 4) is 0 Å². The number of hydrogen-bond donors (Lipinski definition) is 0. The Balaban J connectivity index is 1.49. The van der Waals surface area contributed by atoms with Gasteiger partial charge in [0.25, 0.3) is 0 Å². The third-order valence-corrected chi connectivity index (χ3v) is 7.04. The molecule has 2 aromatic rings. The molecular formula is C26H35N3O. The molecule has 0 saturated carbocycles. The van der Waals surface area contributed by atoms with Gasteiger partial charge in [-0.3, -0.25) is 9.69 Å². The summed E-state index contributed by atoms with van der Waals surface area (Å²) in [6.45, 7) is 7.72. The van der Waals surface area contributed by atoms with E-state index in [-0.39, 0.29) is 11.3 Å². The highest BCUT2D eigenvalue weighted by molar-refractivity contribution is 5.78. The highest BCUT2D eigenvalue weighted by Gasteiger charge is 2.52. The molecule has 30 heavy (non-hydrogen) atoms. The van der Waals surface area contributed by atoms with Crippen LogP contribution in [-0.2, 0) is 17.8 Å². The molecule has 2 aliphatic heterocycles. The summed E-state index contributed by atoms with van der Waals surface area (Å²) in [7, 11) is 3.95. The number of likely N-dealkylation sites (N-methyl/N-ethyl adjacent to an activating group) is 1. The summed E-state index contributed by atoms with van der Waals surface area (Å²) in [4.78, 5) is 19.5. The van der Waals surface area contributed by atoms with Crippen LogP contribution in [0.2, 0.25) is 0 Å². The van der Waals surface area contributed by atoms with Crippen molar-refractivity contribution in [1.29, 1.82) is 0 Å². The van der Waals surface area contributed by atoms with Gasteiger partial charge in [0.2, 0.25) is 5.91 Å². The lowest BCUT2D eigenvalue weighted by Gasteiger charge is -2.30. The van der Waals surface area contributed by atoms with Crippen molar-refractivity contribution >= 4 is 5.91 Å². The van der Waals surface area contributed by atoms with Crippen molar-refractivity contribution in [3.05, 3.63) is 71.3 Å². The molecule has 160 valence electrons. The largest absolute Gasteiger partial charge is 0.341 e. The molecule has 0 aliphatic carbocycles. The van der Waals surface area contributed by atoms with E-state index in [1.165, 1.54) is 16.7 Å². The Bertz CT molecular complexity index is 866. The lowest BCUT2D eigenvalue weighted by Crippen LogP contribution is -2.40. The monoisotopic (exact) mass is 405 g/mol. The van der Waals surface area contributed by atoms with Gasteiger partial charge < -0.3 is 9.80 Å². The summed E-state index contributed by atoms with van der Waals surface area (Å²) in [5, 5.41) is 0. The average Bonchev–Trinajstić information content (AvgIpc) is 3.22. The topological polar surface area (TPSA) is 26.8 Å². The number of benzene rings is 2. The van der Waals surface area contributed by atoms with E-state index in [1.54, 1.807) is 0 Å². The summed E-state index contributed by atoms with van der Waals surface area (Å²) in [5.41, 5.74) is 4.41. The number of amides is 1. The van der Waals surface area contributed by atoms with E-state index < -0.39 is 0 Å². The van der Waals surface area contributed by atoms with Gasteiger partial charge in [0, 0.05) is 38.1 Å². The van der Waals surface area contributed by atoms with Gasteiger partial charge in [-0.05, 0) is 56.5 Å². The van der Waals surface area contributed by atoms with Crippen LogP contribution in [0.1, 0.15) is 23.1 Å². The minimum atomic E-state index is 0.209. The minimum Gasteiger partial charge on any atom is -0.341 e. The maximum Gasteiger partial charge on any atom is 0.236 e. The van der Waals surface area contributed by atoms with Crippen LogP contribution in [0.25, 0.3) is 0 Å². The highest BCUT2D eigenvalue weighted by Crippen LogP contribution is 2.46. The predicted octanol–water partition coefficient (Wildman–Crippen LogP) is 3.45. The zero-order valence-electron chi connectivity index (χ0n) is 18.7. The van der Waals surface area contributed by atoms with E-state index >= 15 is 0 Å². The van der Waals surface area contributed by atoms with Gasteiger partial charge in [0.1, 0.15) is 0 Å². The number of nitrogens with zero attached hydrogens (tertiary/aromatic N) is 3. The number of carbonyl (C=O) groups is 1. The van der Waals surface area contributed by atoms with Crippen LogP contribution in [0.5, 0.6) is 0 Å². The molecule has 2 aliphatic rings. The molecule has 0 N–H and O–H groups in total. The van der Waals surface area contributed by atoms with Gasteiger partial charge >= 0.3 is 0 Å². The van der Waals surface area contributed by atoms with Crippen LogP contribution in [0.3, 0.4) is 0 Å². The minimum absolute atomic E-state index is 0.209. The molecule has 4 rings (SSSR count). The number of likely N-dealkylation sites (tertiary alicyclic amines) is 2. The van der Waals surface area contributed by atoms with Crippen LogP contribution < -0.4 is 0 Å². The molecule has 0 bridgehead atoms. The van der Waals surface area contributed by atoms with Gasteiger partial charge in [-0.2, -0.15) is 0 Å². The first-order chi connectivity index (χ1) is 14.4. The summed E-state index contributed by atoms with van der Waals surface area (Å²) in [5.74, 6) is 0.843. The van der Waals surface area contributed by atoms with E-state index in [4.69, 9.17) is 0 Å². The Hall–Kier alpha value is -2.17. The Labute approximate surface area is 181 Å². The van der Waals surface area contributed by atoms with Crippen molar-refractivity contribution in [3.63, 3.8) is 0 Å². The van der Waals surface area contributed by atoms with Crippen molar-refractivity contribution < 1.29 is 4.79 Å². The first kappa shape index (κ1) is 21.1. The third-order valence-electron chi connectivity index (χ3n) is 7.04. The van der Waals surface area contributed by atoms with Crippen molar-refractivity contribution in [2.24, 2.45) is 11.3 Å². The van der Waals surface area contributed by atoms with Crippen molar-refractivity contribution in [2.45, 2.75) is 26.3 Å². The summed E-state index contributed by atoms with van der Waals surface area (Å²) < 4.78 is 0. The molecule has 2 heterocycles. The highest BCUT2D eigenvalue weighted by atomic mass is 16.2. The fourth-order valence-electron chi connectivity index (χ4n) is 5.40. The van der Waals surface area contributed by atoms with Gasteiger partial charge in [0.05, 0.1) is 6.54 Å². The maximum atomic E-state index is 12.8. The van der Waals surface area contributed by atoms with Gasteiger partial charge in [-0.15, -0.1) is 0 Å². The lowest BCUT2D eigenvalue weighted by atomic mass is 9.76. The van der Waals surface area contributed by atoms with Crippen LogP contribution in [-0.4, -0.2) is 67.4 Å². The van der Waals surface area contributed by atoms with Crippen LogP contribution in [0.15, 0.2) is 54.6 Å². The standard InChI is InChI=1S/C26H35N3O/c1-21-9-7-8-12-23(21)15-28-16-24-17-29(25(30)18-27(2)3)20-26(24,19-28)14-13-22-10-5-4-6-11-22/h4-12,24H,13-20H2,1-3H3/t24-,26+/m0/s1. The van der Waals surface area contributed by atoms with Gasteiger partial charge in [-0.1, -0.05) is 54.6 Å². The molecule has 4 heteroatoms. The maximum absolute atomic E-state index is 12.8. The summed E-state index contributed by atoms with van der Waals surface area (Å²) in [6, 6.07) is 19.5. The fraction of sp³-hybridized carbons (Fsp3) is 0.500. The first-order valence-electron chi connectivity index (χ1n) is 11.2. The zero-order chi connectivity index (χ0) is 21.1. The molecule has 0 aromatic heterocycles. The molecule has 2 atom stereocenters. The zero-order valence-corrected chi connectivity index (χ0v) is 18.7. The first-order valence-corrected chi connectivity index (χ1v) is 11.2. The number of aryl methyl sites for hydroxylation is 2. The molecule has 2 fully saturated rings. The van der Waals surface area contributed by atoms with Crippen LogP contribution in [0, 0.1) is 18.3 Å². The molecule has 2 aromatic carbocycles. The summed E-state index contributed by atoms with van der Waals surface area (Å²) >= 11 is 0.